The van der Waals surface area contributed by atoms with Crippen LogP contribution in [0.1, 0.15) is 5.56 Å². The Balaban J connectivity index is 1.34. The zero-order valence-electron chi connectivity index (χ0n) is 17.4. The molecule has 2 saturated heterocycles. The molecule has 0 saturated carbocycles. The van der Waals surface area contributed by atoms with Crippen molar-refractivity contribution in [2.75, 3.05) is 25.7 Å². The minimum atomic E-state index is -0.750. The summed E-state index contributed by atoms with van der Waals surface area (Å²) in [5.41, 5.74) is 0.949. The third kappa shape index (κ3) is 3.16. The van der Waals surface area contributed by atoms with E-state index in [4.69, 9.17) is 14.2 Å². The molecule has 2 amide bonds. The van der Waals surface area contributed by atoms with Crippen LogP contribution in [0.4, 0.5) is 5.69 Å². The van der Waals surface area contributed by atoms with Gasteiger partial charge in [-0.1, -0.05) is 24.3 Å². The summed E-state index contributed by atoms with van der Waals surface area (Å²) in [5, 5.41) is 2.98. The Bertz CT molecular complexity index is 1050. The van der Waals surface area contributed by atoms with Crippen molar-refractivity contribution in [2.45, 2.75) is 18.2 Å². The van der Waals surface area contributed by atoms with Crippen LogP contribution in [0.2, 0.25) is 0 Å². The van der Waals surface area contributed by atoms with Crippen LogP contribution in [0, 0.1) is 11.8 Å². The van der Waals surface area contributed by atoms with Crippen molar-refractivity contribution in [1.29, 1.82) is 0 Å². The second kappa shape index (κ2) is 7.42. The van der Waals surface area contributed by atoms with E-state index in [0.717, 1.165) is 22.7 Å². The monoisotopic (exact) mass is 420 g/mol. The normalized spacial score (nSPS) is 28.0. The molecule has 3 aliphatic heterocycles. The lowest BCUT2D eigenvalue weighted by Gasteiger charge is -2.23. The van der Waals surface area contributed by atoms with Gasteiger partial charge in [-0.25, -0.2) is 0 Å². The van der Waals surface area contributed by atoms with Gasteiger partial charge < -0.3 is 24.4 Å². The van der Waals surface area contributed by atoms with Crippen molar-refractivity contribution >= 4 is 17.5 Å². The summed E-state index contributed by atoms with van der Waals surface area (Å²) < 4.78 is 16.6. The Labute approximate surface area is 180 Å². The van der Waals surface area contributed by atoms with Crippen molar-refractivity contribution in [2.24, 2.45) is 11.8 Å². The standard InChI is InChI=1S/C24H24N2O5/c1-29-17-8-6-16(7-9-17)26-14-24-11-10-19(31-24)20(21(24)23(26)28)22(27)25-13-15-4-3-5-18(12-15)30-2/h3-12,19-21H,13-14H2,1-2H3,(H,25,27)/t19-,20?,21-,24+/m0/s1. The molecule has 160 valence electrons. The van der Waals surface area contributed by atoms with Crippen molar-refractivity contribution in [3.8, 4) is 11.5 Å². The average molecular weight is 420 g/mol. The maximum atomic E-state index is 13.4. The second-order valence-electron chi connectivity index (χ2n) is 8.09. The van der Waals surface area contributed by atoms with E-state index >= 15 is 0 Å². The fraction of sp³-hybridized carbons (Fsp3) is 0.333. The molecule has 0 aliphatic carbocycles. The maximum absolute atomic E-state index is 13.4. The van der Waals surface area contributed by atoms with Gasteiger partial charge >= 0.3 is 0 Å². The number of methoxy groups -OCH3 is 2. The Kier molecular flexibility index (Phi) is 4.70. The molecule has 1 unspecified atom stereocenters. The van der Waals surface area contributed by atoms with Gasteiger partial charge in [0.25, 0.3) is 0 Å². The fourth-order valence-corrected chi connectivity index (χ4v) is 4.87. The number of fused-ring (bicyclic) bond motifs is 1. The molecule has 2 fully saturated rings. The predicted octanol–water partition coefficient (Wildman–Crippen LogP) is 2.31. The molecule has 1 N–H and O–H groups in total. The van der Waals surface area contributed by atoms with Crippen molar-refractivity contribution < 1.29 is 23.8 Å². The molecule has 2 bridgehead atoms. The summed E-state index contributed by atoms with van der Waals surface area (Å²) in [4.78, 5) is 28.2. The van der Waals surface area contributed by atoms with Crippen LogP contribution in [0.3, 0.4) is 0 Å². The minimum Gasteiger partial charge on any atom is -0.497 e. The third-order valence-corrected chi connectivity index (χ3v) is 6.39. The topological polar surface area (TPSA) is 77.1 Å². The Morgan fingerprint density at radius 1 is 1.16 bits per heavy atom. The third-order valence-electron chi connectivity index (χ3n) is 6.39. The molecule has 1 spiro atoms. The molecule has 0 aromatic heterocycles. The lowest BCUT2D eigenvalue weighted by Crippen LogP contribution is -2.43. The van der Waals surface area contributed by atoms with Crippen LogP contribution in [-0.4, -0.2) is 44.3 Å². The van der Waals surface area contributed by atoms with Gasteiger partial charge in [-0.3, -0.25) is 9.59 Å². The summed E-state index contributed by atoms with van der Waals surface area (Å²) in [6, 6.07) is 14.9. The number of hydrogen-bond acceptors (Lipinski definition) is 5. The van der Waals surface area contributed by atoms with Crippen LogP contribution in [-0.2, 0) is 20.9 Å². The molecule has 2 aromatic rings. The molecule has 3 aliphatic rings. The highest BCUT2D eigenvalue weighted by atomic mass is 16.5. The predicted molar refractivity (Wildman–Crippen MR) is 114 cm³/mol. The van der Waals surface area contributed by atoms with E-state index in [1.807, 2.05) is 60.7 Å². The fourth-order valence-electron chi connectivity index (χ4n) is 4.87. The summed E-state index contributed by atoms with van der Waals surface area (Å²) in [6.07, 6.45) is 3.49. The summed E-state index contributed by atoms with van der Waals surface area (Å²) in [7, 11) is 3.21. The summed E-state index contributed by atoms with van der Waals surface area (Å²) in [5.74, 6) is 0.118. The number of amides is 2. The smallest absolute Gasteiger partial charge is 0.234 e. The highest BCUT2D eigenvalue weighted by Crippen LogP contribution is 2.52. The number of nitrogens with zero attached hydrogens (tertiary/aromatic N) is 1. The number of anilines is 1. The number of carbonyl (C=O) groups excluding carboxylic acids is 2. The minimum absolute atomic E-state index is 0.0847. The largest absolute Gasteiger partial charge is 0.497 e. The van der Waals surface area contributed by atoms with Gasteiger partial charge in [-0.2, -0.15) is 0 Å². The number of ether oxygens (including phenoxy) is 3. The molecule has 7 nitrogen and oxygen atoms in total. The van der Waals surface area contributed by atoms with Gasteiger partial charge in [0.2, 0.25) is 11.8 Å². The van der Waals surface area contributed by atoms with E-state index in [0.29, 0.717) is 13.1 Å². The van der Waals surface area contributed by atoms with Crippen LogP contribution in [0.25, 0.3) is 0 Å². The Morgan fingerprint density at radius 2 is 1.94 bits per heavy atom. The Morgan fingerprint density at radius 3 is 2.68 bits per heavy atom. The first-order valence-corrected chi connectivity index (χ1v) is 10.3. The van der Waals surface area contributed by atoms with E-state index in [2.05, 4.69) is 5.32 Å². The van der Waals surface area contributed by atoms with E-state index in [-0.39, 0.29) is 17.9 Å². The molecule has 5 rings (SSSR count). The quantitative estimate of drug-likeness (QED) is 0.726. The number of rotatable bonds is 6. The molecule has 3 heterocycles. The molecule has 4 atom stereocenters. The van der Waals surface area contributed by atoms with Crippen molar-refractivity contribution in [1.82, 2.24) is 5.32 Å². The van der Waals surface area contributed by atoms with Crippen LogP contribution in [0.15, 0.2) is 60.7 Å². The highest BCUT2D eigenvalue weighted by molar-refractivity contribution is 6.03. The molecular formula is C24H24N2O5. The first-order valence-electron chi connectivity index (χ1n) is 10.3. The molecule has 7 heteroatoms. The molecular weight excluding hydrogens is 396 g/mol. The van der Waals surface area contributed by atoms with Crippen molar-refractivity contribution in [3.05, 3.63) is 66.2 Å². The first kappa shape index (κ1) is 19.6. The first-order chi connectivity index (χ1) is 15.0. The van der Waals surface area contributed by atoms with Crippen LogP contribution < -0.4 is 19.7 Å². The SMILES string of the molecule is COc1ccc(N2C[C@@]34C=C[C@H](O3)C(C(=O)NCc3cccc(OC)c3)[C@H]4C2=O)cc1. The molecule has 31 heavy (non-hydrogen) atoms. The number of hydrogen-bond donors (Lipinski definition) is 1. The van der Waals surface area contributed by atoms with Crippen LogP contribution >= 0.6 is 0 Å². The number of benzene rings is 2. The second-order valence-corrected chi connectivity index (χ2v) is 8.09. The Hall–Kier alpha value is -3.32. The lowest BCUT2D eigenvalue weighted by atomic mass is 9.77. The van der Waals surface area contributed by atoms with Gasteiger partial charge in [-0.05, 0) is 42.0 Å². The van der Waals surface area contributed by atoms with Crippen molar-refractivity contribution in [3.63, 3.8) is 0 Å². The summed E-state index contributed by atoms with van der Waals surface area (Å²) >= 11 is 0. The van der Waals surface area contributed by atoms with Gasteiger partial charge in [0.15, 0.2) is 0 Å². The average Bonchev–Trinajstić information content (AvgIpc) is 3.46. The number of nitrogens with one attached hydrogen (secondary N) is 1. The van der Waals surface area contributed by atoms with Gasteiger partial charge in [-0.15, -0.1) is 0 Å². The molecule has 0 radical (unpaired) electrons. The lowest BCUT2D eigenvalue weighted by molar-refractivity contribution is -0.132. The van der Waals surface area contributed by atoms with Gasteiger partial charge in [0.1, 0.15) is 17.1 Å². The van der Waals surface area contributed by atoms with E-state index in [1.165, 1.54) is 0 Å². The maximum Gasteiger partial charge on any atom is 0.234 e. The van der Waals surface area contributed by atoms with E-state index in [9.17, 15) is 9.59 Å². The van der Waals surface area contributed by atoms with Crippen LogP contribution in [0.5, 0.6) is 11.5 Å². The van der Waals surface area contributed by atoms with Gasteiger partial charge in [0, 0.05) is 12.2 Å². The summed E-state index contributed by atoms with van der Waals surface area (Å²) in [6.45, 7) is 0.758. The zero-order valence-corrected chi connectivity index (χ0v) is 17.4. The molecule has 2 aromatic carbocycles. The van der Waals surface area contributed by atoms with E-state index < -0.39 is 17.4 Å². The zero-order chi connectivity index (χ0) is 21.6. The highest BCUT2D eigenvalue weighted by Gasteiger charge is 2.67. The van der Waals surface area contributed by atoms with Gasteiger partial charge in [0.05, 0.1) is 38.7 Å². The van der Waals surface area contributed by atoms with E-state index in [1.54, 1.807) is 19.1 Å². The number of carbonyl (C=O) groups is 2.